The van der Waals surface area contributed by atoms with Crippen LogP contribution in [0.5, 0.6) is 0 Å². The molecule has 0 aliphatic carbocycles. The van der Waals surface area contributed by atoms with Crippen molar-refractivity contribution in [3.05, 3.63) is 35.3 Å². The Labute approximate surface area is 133 Å². The van der Waals surface area contributed by atoms with Crippen LogP contribution in [-0.4, -0.2) is 64.3 Å². The number of benzene rings is 1. The van der Waals surface area contributed by atoms with Gasteiger partial charge in [-0.05, 0) is 30.8 Å². The van der Waals surface area contributed by atoms with Gasteiger partial charge >= 0.3 is 0 Å². The molecule has 0 unspecified atom stereocenters. The molecule has 1 aromatic carbocycles. The summed E-state index contributed by atoms with van der Waals surface area (Å²) in [7, 11) is 2.08. The molecular formula is C15H19FN6O. The van der Waals surface area contributed by atoms with Crippen LogP contribution in [0.4, 0.5) is 4.39 Å². The van der Waals surface area contributed by atoms with Crippen molar-refractivity contribution >= 4 is 5.91 Å². The van der Waals surface area contributed by atoms with E-state index in [-0.39, 0.29) is 11.5 Å². The molecule has 1 aliphatic rings. The molecule has 2 aromatic rings. The standard InChI is InChI=1S/C15H19FN6O/c1-21-4-6-22(7-5-21)9-10-8-11(16)2-3-12(10)13-14(15(17)23)19-20-18-13/h2-3,8H,4-7,9H2,1H3,(H2,17,23)(H,18,19,20). The fraction of sp³-hybridized carbons (Fsp3) is 0.400. The number of hydrogen-bond acceptors (Lipinski definition) is 5. The normalized spacial score (nSPS) is 16.6. The first kappa shape index (κ1) is 15.6. The van der Waals surface area contributed by atoms with Gasteiger partial charge in [-0.25, -0.2) is 4.39 Å². The number of aromatic amines is 1. The summed E-state index contributed by atoms with van der Waals surface area (Å²) in [6, 6.07) is 4.44. The Balaban J connectivity index is 1.92. The number of carbonyl (C=O) groups excluding carboxylic acids is 1. The highest BCUT2D eigenvalue weighted by molar-refractivity contribution is 5.97. The van der Waals surface area contributed by atoms with E-state index in [1.165, 1.54) is 12.1 Å². The quantitative estimate of drug-likeness (QED) is 0.854. The Morgan fingerprint density at radius 1 is 1.30 bits per heavy atom. The van der Waals surface area contributed by atoms with Crippen LogP contribution in [0, 0.1) is 5.82 Å². The highest BCUT2D eigenvalue weighted by Crippen LogP contribution is 2.26. The van der Waals surface area contributed by atoms with Gasteiger partial charge in [0, 0.05) is 38.3 Å². The van der Waals surface area contributed by atoms with E-state index in [4.69, 9.17) is 5.73 Å². The number of rotatable bonds is 4. The summed E-state index contributed by atoms with van der Waals surface area (Å²) >= 11 is 0. The third-order valence-corrected chi connectivity index (χ3v) is 4.09. The maximum Gasteiger partial charge on any atom is 0.271 e. The van der Waals surface area contributed by atoms with Crippen LogP contribution in [-0.2, 0) is 6.54 Å². The topological polar surface area (TPSA) is 91.1 Å². The van der Waals surface area contributed by atoms with Crippen molar-refractivity contribution in [1.82, 2.24) is 25.2 Å². The highest BCUT2D eigenvalue weighted by atomic mass is 19.1. The van der Waals surface area contributed by atoms with Crippen LogP contribution in [0.15, 0.2) is 18.2 Å². The molecule has 1 aliphatic heterocycles. The summed E-state index contributed by atoms with van der Waals surface area (Å²) in [5.74, 6) is -0.981. The number of carbonyl (C=O) groups is 1. The summed E-state index contributed by atoms with van der Waals surface area (Å²) in [5, 5.41) is 10.2. The van der Waals surface area contributed by atoms with E-state index in [0.717, 1.165) is 31.7 Å². The molecule has 2 heterocycles. The van der Waals surface area contributed by atoms with Crippen LogP contribution < -0.4 is 5.73 Å². The van der Waals surface area contributed by atoms with Crippen LogP contribution in [0.25, 0.3) is 11.3 Å². The number of halogens is 1. The van der Waals surface area contributed by atoms with E-state index >= 15 is 0 Å². The molecule has 0 radical (unpaired) electrons. The second-order valence-electron chi connectivity index (χ2n) is 5.77. The predicted octanol–water partition coefficient (Wildman–Crippen LogP) is 0.457. The Morgan fingerprint density at radius 3 is 2.74 bits per heavy atom. The molecule has 3 rings (SSSR count). The molecule has 0 atom stereocenters. The van der Waals surface area contributed by atoms with Crippen molar-refractivity contribution in [2.24, 2.45) is 5.73 Å². The lowest BCUT2D eigenvalue weighted by molar-refractivity contribution is 0.0996. The first-order valence-corrected chi connectivity index (χ1v) is 7.45. The number of H-pyrrole nitrogens is 1. The average molecular weight is 318 g/mol. The number of likely N-dealkylation sites (N-methyl/N-ethyl adjacent to an activating group) is 1. The van der Waals surface area contributed by atoms with E-state index in [9.17, 15) is 9.18 Å². The van der Waals surface area contributed by atoms with Gasteiger partial charge in [-0.3, -0.25) is 9.69 Å². The number of piperazine rings is 1. The first-order chi connectivity index (χ1) is 11.0. The minimum atomic E-state index is -0.663. The molecule has 0 saturated carbocycles. The molecule has 8 heteroatoms. The Hall–Kier alpha value is -2.32. The summed E-state index contributed by atoms with van der Waals surface area (Å²) in [6.07, 6.45) is 0. The Morgan fingerprint density at radius 2 is 2.04 bits per heavy atom. The van der Waals surface area contributed by atoms with Crippen molar-refractivity contribution in [1.29, 1.82) is 0 Å². The predicted molar refractivity (Wildman–Crippen MR) is 83.1 cm³/mol. The summed E-state index contributed by atoms with van der Waals surface area (Å²) < 4.78 is 13.7. The van der Waals surface area contributed by atoms with Crippen LogP contribution in [0.2, 0.25) is 0 Å². The van der Waals surface area contributed by atoms with Gasteiger partial charge in [-0.15, -0.1) is 0 Å². The highest BCUT2D eigenvalue weighted by Gasteiger charge is 2.21. The third kappa shape index (κ3) is 3.38. The first-order valence-electron chi connectivity index (χ1n) is 7.45. The van der Waals surface area contributed by atoms with Crippen LogP contribution in [0.1, 0.15) is 16.1 Å². The molecule has 3 N–H and O–H groups in total. The Bertz CT molecular complexity index is 708. The van der Waals surface area contributed by atoms with Crippen molar-refractivity contribution < 1.29 is 9.18 Å². The number of nitrogens with zero attached hydrogens (tertiary/aromatic N) is 4. The van der Waals surface area contributed by atoms with Gasteiger partial charge in [-0.2, -0.15) is 15.4 Å². The number of amides is 1. The Kier molecular flexibility index (Phi) is 4.35. The van der Waals surface area contributed by atoms with Gasteiger partial charge in [0.2, 0.25) is 0 Å². The monoisotopic (exact) mass is 318 g/mol. The number of nitrogens with two attached hydrogens (primary N) is 1. The number of primary amides is 1. The lowest BCUT2D eigenvalue weighted by Gasteiger charge is -2.32. The van der Waals surface area contributed by atoms with E-state index in [0.29, 0.717) is 17.8 Å². The number of hydrogen-bond donors (Lipinski definition) is 2. The van der Waals surface area contributed by atoms with Gasteiger partial charge in [0.1, 0.15) is 11.5 Å². The van der Waals surface area contributed by atoms with E-state index in [1.54, 1.807) is 6.07 Å². The molecule has 0 bridgehead atoms. The van der Waals surface area contributed by atoms with Crippen LogP contribution in [0.3, 0.4) is 0 Å². The third-order valence-electron chi connectivity index (χ3n) is 4.09. The molecule has 1 aromatic heterocycles. The fourth-order valence-corrected chi connectivity index (χ4v) is 2.76. The summed E-state index contributed by atoms with van der Waals surface area (Å²) in [4.78, 5) is 16.0. The van der Waals surface area contributed by atoms with Crippen molar-refractivity contribution in [2.45, 2.75) is 6.54 Å². The van der Waals surface area contributed by atoms with E-state index < -0.39 is 5.91 Å². The van der Waals surface area contributed by atoms with Gasteiger partial charge in [-0.1, -0.05) is 0 Å². The zero-order valence-corrected chi connectivity index (χ0v) is 12.9. The maximum atomic E-state index is 13.7. The molecule has 1 amide bonds. The van der Waals surface area contributed by atoms with Gasteiger partial charge < -0.3 is 10.6 Å². The molecule has 1 saturated heterocycles. The van der Waals surface area contributed by atoms with Crippen molar-refractivity contribution in [2.75, 3.05) is 33.2 Å². The summed E-state index contributed by atoms with van der Waals surface area (Å²) in [6.45, 7) is 4.36. The second-order valence-corrected chi connectivity index (χ2v) is 5.77. The van der Waals surface area contributed by atoms with Gasteiger partial charge in [0.25, 0.3) is 5.91 Å². The van der Waals surface area contributed by atoms with Crippen molar-refractivity contribution in [3.63, 3.8) is 0 Å². The second kappa shape index (κ2) is 6.43. The smallest absolute Gasteiger partial charge is 0.271 e. The molecule has 23 heavy (non-hydrogen) atoms. The molecule has 0 spiro atoms. The van der Waals surface area contributed by atoms with Gasteiger partial charge in [0.05, 0.1) is 0 Å². The molecule has 122 valence electrons. The SMILES string of the molecule is CN1CCN(Cc2cc(F)ccc2-c2n[nH]nc2C(N)=O)CC1. The van der Waals surface area contributed by atoms with E-state index in [1.807, 2.05) is 0 Å². The summed E-state index contributed by atoms with van der Waals surface area (Å²) in [5.41, 5.74) is 7.20. The molecule has 7 nitrogen and oxygen atoms in total. The minimum Gasteiger partial charge on any atom is -0.364 e. The van der Waals surface area contributed by atoms with Crippen LogP contribution >= 0.6 is 0 Å². The van der Waals surface area contributed by atoms with E-state index in [2.05, 4.69) is 32.3 Å². The average Bonchev–Trinajstić information content (AvgIpc) is 2.99. The fourth-order valence-electron chi connectivity index (χ4n) is 2.76. The van der Waals surface area contributed by atoms with Gasteiger partial charge in [0.15, 0.2) is 5.69 Å². The zero-order valence-electron chi connectivity index (χ0n) is 12.9. The lowest BCUT2D eigenvalue weighted by atomic mass is 10.0. The van der Waals surface area contributed by atoms with Crippen molar-refractivity contribution in [3.8, 4) is 11.3 Å². The minimum absolute atomic E-state index is 0.0660. The zero-order chi connectivity index (χ0) is 16.4. The number of aromatic nitrogens is 3. The molecule has 1 fully saturated rings. The molecular weight excluding hydrogens is 299 g/mol. The maximum absolute atomic E-state index is 13.7. The lowest BCUT2D eigenvalue weighted by Crippen LogP contribution is -2.43. The number of nitrogens with one attached hydrogen (secondary N) is 1. The largest absolute Gasteiger partial charge is 0.364 e.